The first-order chi connectivity index (χ1) is 8.09. The Bertz CT molecular complexity index is 431. The van der Waals surface area contributed by atoms with Crippen LogP contribution in [0.2, 0.25) is 0 Å². The van der Waals surface area contributed by atoms with E-state index in [0.717, 1.165) is 40.6 Å². The minimum atomic E-state index is 0. The molecule has 2 rings (SSSR count). The summed E-state index contributed by atoms with van der Waals surface area (Å²) in [6, 6.07) is 6.14. The smallest absolute Gasteiger partial charge is 0.254 e. The van der Waals surface area contributed by atoms with E-state index in [1.807, 2.05) is 30.0 Å². The monoisotopic (exact) mass is 380 g/mol. The van der Waals surface area contributed by atoms with Gasteiger partial charge in [0.25, 0.3) is 5.91 Å². The second kappa shape index (κ2) is 6.73. The summed E-state index contributed by atoms with van der Waals surface area (Å²) in [6.07, 6.45) is 1.82. The molecule has 0 aromatic heterocycles. The first-order valence-electron chi connectivity index (χ1n) is 5.89. The zero-order valence-electron chi connectivity index (χ0n) is 10.4. The van der Waals surface area contributed by atoms with Crippen molar-refractivity contribution in [1.82, 2.24) is 4.90 Å². The number of hydrogen-bond donors (Lipinski definition) is 1. The van der Waals surface area contributed by atoms with E-state index in [1.54, 1.807) is 0 Å². The number of amides is 1. The minimum absolute atomic E-state index is 0. The summed E-state index contributed by atoms with van der Waals surface area (Å²) < 4.78 is 1.14. The molecule has 0 spiro atoms. The Balaban J connectivity index is 0.00000162. The minimum Gasteiger partial charge on any atom is -0.339 e. The lowest BCUT2D eigenvalue weighted by atomic mass is 10.0. The van der Waals surface area contributed by atoms with Crippen LogP contribution in [0.1, 0.15) is 28.8 Å². The van der Waals surface area contributed by atoms with Crippen LogP contribution in [0.15, 0.2) is 18.2 Å². The van der Waals surface area contributed by atoms with Gasteiger partial charge in [0.15, 0.2) is 0 Å². The number of nitrogens with two attached hydrogens (primary N) is 1. The van der Waals surface area contributed by atoms with Crippen LogP contribution in [-0.4, -0.2) is 29.9 Å². The standard InChI is InChI=1S/C13H17IN2O.ClH/c1-9-11(3-2-4-12(9)14)13(17)16-7-5-10(15)6-8-16;/h2-4,10H,5-8,15H2,1H3;1H. The third kappa shape index (κ3) is 3.36. The van der Waals surface area contributed by atoms with Gasteiger partial charge in [0.1, 0.15) is 0 Å². The van der Waals surface area contributed by atoms with Crippen LogP contribution in [0.25, 0.3) is 0 Å². The molecule has 0 aliphatic carbocycles. The molecule has 18 heavy (non-hydrogen) atoms. The number of carbonyl (C=O) groups is 1. The summed E-state index contributed by atoms with van der Waals surface area (Å²) in [7, 11) is 0. The van der Waals surface area contributed by atoms with Crippen LogP contribution in [0.4, 0.5) is 0 Å². The van der Waals surface area contributed by atoms with Crippen LogP contribution in [-0.2, 0) is 0 Å². The summed E-state index contributed by atoms with van der Waals surface area (Å²) in [6.45, 7) is 3.57. The molecule has 0 unspecified atom stereocenters. The van der Waals surface area contributed by atoms with Crippen molar-refractivity contribution in [3.05, 3.63) is 32.9 Å². The zero-order valence-corrected chi connectivity index (χ0v) is 13.3. The summed E-state index contributed by atoms with van der Waals surface area (Å²) in [5, 5.41) is 0. The number of hydrogen-bond acceptors (Lipinski definition) is 2. The van der Waals surface area contributed by atoms with Crippen molar-refractivity contribution in [1.29, 1.82) is 0 Å². The van der Waals surface area contributed by atoms with Gasteiger partial charge in [-0.2, -0.15) is 0 Å². The molecule has 2 N–H and O–H groups in total. The van der Waals surface area contributed by atoms with Crippen LogP contribution in [0.5, 0.6) is 0 Å². The van der Waals surface area contributed by atoms with E-state index >= 15 is 0 Å². The van der Waals surface area contributed by atoms with Crippen LogP contribution in [0.3, 0.4) is 0 Å². The molecule has 3 nitrogen and oxygen atoms in total. The Morgan fingerprint density at radius 3 is 2.61 bits per heavy atom. The molecule has 0 atom stereocenters. The highest BCUT2D eigenvalue weighted by Crippen LogP contribution is 2.19. The van der Waals surface area contributed by atoms with Gasteiger partial charge < -0.3 is 10.6 Å². The van der Waals surface area contributed by atoms with Gasteiger partial charge in [-0.1, -0.05) is 6.07 Å². The first kappa shape index (κ1) is 15.7. The summed E-state index contributed by atoms with van der Waals surface area (Å²) in [4.78, 5) is 14.3. The SMILES string of the molecule is Cc1c(I)cccc1C(=O)N1CCC(N)CC1.Cl. The molecule has 1 aromatic carbocycles. The molecule has 1 aromatic rings. The van der Waals surface area contributed by atoms with E-state index < -0.39 is 0 Å². The molecular weight excluding hydrogens is 363 g/mol. The first-order valence-corrected chi connectivity index (χ1v) is 6.97. The fourth-order valence-corrected chi connectivity index (χ4v) is 2.61. The fraction of sp³-hybridized carbons (Fsp3) is 0.462. The highest BCUT2D eigenvalue weighted by molar-refractivity contribution is 14.1. The fourth-order valence-electron chi connectivity index (χ4n) is 2.11. The molecule has 1 fully saturated rings. The van der Waals surface area contributed by atoms with Gasteiger partial charge >= 0.3 is 0 Å². The number of carbonyl (C=O) groups excluding carboxylic acids is 1. The molecule has 1 amide bonds. The molecule has 0 saturated carbocycles. The Morgan fingerprint density at radius 2 is 2.00 bits per heavy atom. The highest BCUT2D eigenvalue weighted by atomic mass is 127. The largest absolute Gasteiger partial charge is 0.339 e. The summed E-state index contributed by atoms with van der Waals surface area (Å²) in [5.41, 5.74) is 7.75. The van der Waals surface area contributed by atoms with Crippen LogP contribution < -0.4 is 5.73 Å². The number of benzene rings is 1. The normalized spacial score (nSPS) is 16.3. The second-order valence-electron chi connectivity index (χ2n) is 4.54. The zero-order chi connectivity index (χ0) is 12.4. The Kier molecular flexibility index (Phi) is 5.88. The lowest BCUT2D eigenvalue weighted by Gasteiger charge is -2.30. The number of piperidine rings is 1. The van der Waals surface area contributed by atoms with Crippen molar-refractivity contribution >= 4 is 40.9 Å². The molecule has 1 saturated heterocycles. The van der Waals surface area contributed by atoms with Crippen molar-refractivity contribution in [3.63, 3.8) is 0 Å². The maximum Gasteiger partial charge on any atom is 0.254 e. The van der Waals surface area contributed by atoms with Gasteiger partial charge in [-0.05, 0) is 60.1 Å². The Labute approximate surface area is 128 Å². The molecule has 0 radical (unpaired) electrons. The topological polar surface area (TPSA) is 46.3 Å². The number of nitrogens with zero attached hydrogens (tertiary/aromatic N) is 1. The number of rotatable bonds is 1. The Hall–Kier alpha value is -0.330. The van der Waals surface area contributed by atoms with Gasteiger partial charge in [-0.25, -0.2) is 0 Å². The van der Waals surface area contributed by atoms with E-state index in [9.17, 15) is 4.79 Å². The van der Waals surface area contributed by atoms with Gasteiger partial charge in [0, 0.05) is 28.3 Å². The van der Waals surface area contributed by atoms with Crippen LogP contribution >= 0.6 is 35.0 Å². The Morgan fingerprint density at radius 1 is 1.39 bits per heavy atom. The van der Waals surface area contributed by atoms with Gasteiger partial charge in [-0.3, -0.25) is 4.79 Å². The van der Waals surface area contributed by atoms with Gasteiger partial charge in [-0.15, -0.1) is 12.4 Å². The molecule has 100 valence electrons. The van der Waals surface area contributed by atoms with Crippen molar-refractivity contribution < 1.29 is 4.79 Å². The molecule has 1 aliphatic rings. The lowest BCUT2D eigenvalue weighted by molar-refractivity contribution is 0.0714. The van der Waals surface area contributed by atoms with Gasteiger partial charge in [0.2, 0.25) is 0 Å². The second-order valence-corrected chi connectivity index (χ2v) is 5.70. The van der Waals surface area contributed by atoms with Crippen molar-refractivity contribution in [2.24, 2.45) is 5.73 Å². The highest BCUT2D eigenvalue weighted by Gasteiger charge is 2.22. The van der Waals surface area contributed by atoms with E-state index in [-0.39, 0.29) is 24.4 Å². The predicted molar refractivity (Wildman–Crippen MR) is 84.3 cm³/mol. The quantitative estimate of drug-likeness (QED) is 0.761. The van der Waals surface area contributed by atoms with E-state index in [0.29, 0.717) is 0 Å². The maximum absolute atomic E-state index is 12.4. The summed E-state index contributed by atoms with van der Waals surface area (Å²) in [5.74, 6) is 0.146. The maximum atomic E-state index is 12.4. The number of halogens is 2. The number of likely N-dealkylation sites (tertiary alicyclic amines) is 1. The summed E-state index contributed by atoms with van der Waals surface area (Å²) >= 11 is 2.27. The van der Waals surface area contributed by atoms with Crippen LogP contribution in [0, 0.1) is 10.5 Å². The average molecular weight is 381 g/mol. The predicted octanol–water partition coefficient (Wildman–Crippen LogP) is 2.58. The average Bonchev–Trinajstić information content (AvgIpc) is 2.33. The van der Waals surface area contributed by atoms with Crippen molar-refractivity contribution in [3.8, 4) is 0 Å². The van der Waals surface area contributed by atoms with Crippen molar-refractivity contribution in [2.75, 3.05) is 13.1 Å². The van der Waals surface area contributed by atoms with E-state index in [2.05, 4.69) is 22.6 Å². The molecule has 5 heteroatoms. The molecule has 0 bridgehead atoms. The lowest BCUT2D eigenvalue weighted by Crippen LogP contribution is -2.43. The molecule has 1 heterocycles. The van der Waals surface area contributed by atoms with E-state index in [1.165, 1.54) is 0 Å². The third-order valence-electron chi connectivity index (χ3n) is 3.32. The molecule has 1 aliphatic heterocycles. The van der Waals surface area contributed by atoms with Crippen molar-refractivity contribution in [2.45, 2.75) is 25.8 Å². The van der Waals surface area contributed by atoms with E-state index in [4.69, 9.17) is 5.73 Å². The third-order valence-corrected chi connectivity index (χ3v) is 4.49. The molecular formula is C13H18ClIN2O. The van der Waals surface area contributed by atoms with Gasteiger partial charge in [0.05, 0.1) is 0 Å².